The highest BCUT2D eigenvalue weighted by Gasteiger charge is 2.30. The molecule has 144 valence electrons. The maximum Gasteiger partial charge on any atom is 0.343 e. The first-order valence-corrected chi connectivity index (χ1v) is 9.10. The summed E-state index contributed by atoms with van der Waals surface area (Å²) < 4.78 is 23.6. The predicted molar refractivity (Wildman–Crippen MR) is 106 cm³/mol. The number of carbonyl (C=O) groups is 2. The minimum absolute atomic E-state index is 0.175. The van der Waals surface area contributed by atoms with Gasteiger partial charge in [0.1, 0.15) is 17.3 Å². The summed E-state index contributed by atoms with van der Waals surface area (Å²) in [5.41, 5.74) is 0.958. The normalized spacial score (nSPS) is 16.7. The van der Waals surface area contributed by atoms with Crippen molar-refractivity contribution in [2.75, 3.05) is 20.8 Å². The number of amidine groups is 1. The van der Waals surface area contributed by atoms with Gasteiger partial charge in [0.15, 0.2) is 11.8 Å². The highest BCUT2D eigenvalue weighted by atomic mass is 32.2. The van der Waals surface area contributed by atoms with Crippen molar-refractivity contribution in [1.82, 2.24) is 4.90 Å². The minimum atomic E-state index is -0.469. The first-order valence-electron chi connectivity index (χ1n) is 8.28. The zero-order chi connectivity index (χ0) is 20.1. The van der Waals surface area contributed by atoms with E-state index in [0.29, 0.717) is 15.8 Å². The maximum absolute atomic E-state index is 13.8. The molecule has 0 aromatic heterocycles. The molecule has 3 rings (SSSR count). The van der Waals surface area contributed by atoms with Crippen molar-refractivity contribution in [1.29, 1.82) is 0 Å². The van der Waals surface area contributed by atoms with Crippen molar-refractivity contribution >= 4 is 40.6 Å². The molecule has 2 aromatic carbocycles. The Bertz CT molecular complexity index is 957. The fraction of sp³-hybridized carbons (Fsp3) is 0.150. The van der Waals surface area contributed by atoms with E-state index in [9.17, 15) is 14.0 Å². The van der Waals surface area contributed by atoms with Crippen LogP contribution in [0.1, 0.15) is 5.56 Å². The molecule has 0 atom stereocenters. The molecule has 0 saturated carbocycles. The van der Waals surface area contributed by atoms with Crippen LogP contribution in [0.25, 0.3) is 6.08 Å². The summed E-state index contributed by atoms with van der Waals surface area (Å²) in [6.45, 7) is -0.175. The molecule has 0 N–H and O–H groups in total. The zero-order valence-corrected chi connectivity index (χ0v) is 16.0. The van der Waals surface area contributed by atoms with Crippen molar-refractivity contribution in [2.24, 2.45) is 4.99 Å². The molecular formula is C20H17FN2O4S. The number of hydrogen-bond acceptors (Lipinski definition) is 6. The highest BCUT2D eigenvalue weighted by molar-refractivity contribution is 8.18. The summed E-state index contributed by atoms with van der Waals surface area (Å²) in [4.78, 5) is 29.7. The average molecular weight is 400 g/mol. The first kappa shape index (κ1) is 19.6. The van der Waals surface area contributed by atoms with E-state index in [0.717, 1.165) is 5.56 Å². The first-order chi connectivity index (χ1) is 13.5. The molecule has 2 aromatic rings. The summed E-state index contributed by atoms with van der Waals surface area (Å²) in [5, 5.41) is 0.402. The number of para-hydroxylation sites is 1. The summed E-state index contributed by atoms with van der Waals surface area (Å²) in [6.07, 6.45) is 1.72. The second kappa shape index (κ2) is 8.71. The Kier molecular flexibility index (Phi) is 6.10. The van der Waals surface area contributed by atoms with Crippen LogP contribution in [-0.4, -0.2) is 42.7 Å². The van der Waals surface area contributed by atoms with Crippen LogP contribution >= 0.6 is 11.8 Å². The topological polar surface area (TPSA) is 68.2 Å². The van der Waals surface area contributed by atoms with Crippen molar-refractivity contribution in [3.63, 3.8) is 0 Å². The lowest BCUT2D eigenvalue weighted by Gasteiger charge is -2.07. The van der Waals surface area contributed by atoms with Gasteiger partial charge in [0.2, 0.25) is 0 Å². The van der Waals surface area contributed by atoms with E-state index in [1.54, 1.807) is 55.6 Å². The molecular weight excluding hydrogens is 383 g/mol. The van der Waals surface area contributed by atoms with Crippen LogP contribution in [0.4, 0.5) is 10.1 Å². The lowest BCUT2D eigenvalue weighted by molar-refractivity contribution is -0.142. The fourth-order valence-corrected chi connectivity index (χ4v) is 3.29. The van der Waals surface area contributed by atoms with Crippen LogP contribution < -0.4 is 4.74 Å². The van der Waals surface area contributed by atoms with Crippen molar-refractivity contribution in [2.45, 2.75) is 0 Å². The van der Waals surface area contributed by atoms with E-state index in [2.05, 4.69) is 9.73 Å². The summed E-state index contributed by atoms with van der Waals surface area (Å²) in [5.74, 6) is -0.622. The maximum atomic E-state index is 13.8. The molecule has 0 radical (unpaired) electrons. The van der Waals surface area contributed by atoms with Gasteiger partial charge < -0.3 is 9.47 Å². The van der Waals surface area contributed by atoms with Crippen molar-refractivity contribution in [3.8, 4) is 5.75 Å². The van der Waals surface area contributed by atoms with E-state index in [4.69, 9.17) is 4.74 Å². The number of likely N-dealkylation sites (N-methyl/N-ethyl adjacent to an activating group) is 1. The zero-order valence-electron chi connectivity index (χ0n) is 15.2. The number of aliphatic imine (C=N–C) groups is 1. The molecule has 28 heavy (non-hydrogen) atoms. The van der Waals surface area contributed by atoms with Crippen LogP contribution in [-0.2, 0) is 14.3 Å². The third kappa shape index (κ3) is 4.58. The summed E-state index contributed by atoms with van der Waals surface area (Å²) in [7, 11) is 2.89. The van der Waals surface area contributed by atoms with E-state index >= 15 is 0 Å². The average Bonchev–Trinajstić information content (AvgIpc) is 2.96. The quantitative estimate of drug-likeness (QED) is 0.567. The molecule has 0 aliphatic carbocycles. The smallest absolute Gasteiger partial charge is 0.343 e. The number of benzene rings is 2. The van der Waals surface area contributed by atoms with Gasteiger partial charge in [-0.3, -0.25) is 9.69 Å². The molecule has 1 aliphatic heterocycles. The number of carbonyl (C=O) groups excluding carboxylic acids is 2. The van der Waals surface area contributed by atoms with E-state index in [-0.39, 0.29) is 18.2 Å². The van der Waals surface area contributed by atoms with Crippen molar-refractivity contribution < 1.29 is 23.5 Å². The molecule has 1 amide bonds. The third-order valence-corrected chi connectivity index (χ3v) is 4.89. The number of methoxy groups -OCH3 is 1. The van der Waals surface area contributed by atoms with Gasteiger partial charge in [-0.25, -0.2) is 14.2 Å². The number of halogens is 1. The van der Waals surface area contributed by atoms with E-state index in [1.165, 1.54) is 29.8 Å². The molecule has 1 aliphatic rings. The van der Waals surface area contributed by atoms with Gasteiger partial charge >= 0.3 is 5.97 Å². The second-order valence-electron chi connectivity index (χ2n) is 5.75. The Hall–Kier alpha value is -3.13. The van der Waals surface area contributed by atoms with Gasteiger partial charge in [0.25, 0.3) is 5.91 Å². The third-order valence-electron chi connectivity index (χ3n) is 3.83. The minimum Gasteiger partial charge on any atom is -0.482 e. The predicted octanol–water partition coefficient (Wildman–Crippen LogP) is 3.61. The van der Waals surface area contributed by atoms with Gasteiger partial charge in [0, 0.05) is 7.05 Å². The fourth-order valence-electron chi connectivity index (χ4n) is 2.31. The Morgan fingerprint density at radius 2 is 1.93 bits per heavy atom. The van der Waals surface area contributed by atoms with Gasteiger partial charge in [-0.15, -0.1) is 0 Å². The van der Waals surface area contributed by atoms with Crippen LogP contribution in [0.3, 0.4) is 0 Å². The number of nitrogens with zero attached hydrogens (tertiary/aromatic N) is 2. The van der Waals surface area contributed by atoms with Crippen molar-refractivity contribution in [3.05, 3.63) is 64.8 Å². The van der Waals surface area contributed by atoms with Crippen LogP contribution in [0.15, 0.2) is 58.4 Å². The van der Waals surface area contributed by atoms with Crippen LogP contribution in [0.2, 0.25) is 0 Å². The number of thioether (sulfide) groups is 1. The molecule has 0 spiro atoms. The van der Waals surface area contributed by atoms with E-state index < -0.39 is 11.8 Å². The van der Waals surface area contributed by atoms with Gasteiger partial charge in [0.05, 0.1) is 12.0 Å². The molecule has 0 bridgehead atoms. The molecule has 1 heterocycles. The van der Waals surface area contributed by atoms with Crippen LogP contribution in [0.5, 0.6) is 5.75 Å². The summed E-state index contributed by atoms with van der Waals surface area (Å²) >= 11 is 1.17. The number of esters is 1. The number of ether oxygens (including phenoxy) is 2. The Balaban J connectivity index is 1.75. The Morgan fingerprint density at radius 3 is 2.61 bits per heavy atom. The van der Waals surface area contributed by atoms with Crippen LogP contribution in [0, 0.1) is 5.82 Å². The largest absolute Gasteiger partial charge is 0.482 e. The number of hydrogen-bond donors (Lipinski definition) is 0. The lowest BCUT2D eigenvalue weighted by Crippen LogP contribution is -2.23. The monoisotopic (exact) mass is 400 g/mol. The number of rotatable bonds is 5. The highest BCUT2D eigenvalue weighted by Crippen LogP contribution is 2.33. The lowest BCUT2D eigenvalue weighted by atomic mass is 10.2. The second-order valence-corrected chi connectivity index (χ2v) is 6.76. The molecule has 1 fully saturated rings. The number of amides is 1. The Labute approximate surface area is 165 Å². The van der Waals surface area contributed by atoms with E-state index in [1.807, 2.05) is 0 Å². The Morgan fingerprint density at radius 1 is 1.21 bits per heavy atom. The van der Waals surface area contributed by atoms with Gasteiger partial charge in [-0.2, -0.15) is 0 Å². The molecule has 1 saturated heterocycles. The standard InChI is InChI=1S/C20H17FN2O4S/c1-23-19(25)17(28-20(23)22-16-6-4-3-5-15(16)21)11-13-7-9-14(10-8-13)27-12-18(24)26-2/h3-11H,12H2,1-2H3/b17-11+,22-20?. The molecule has 6 nitrogen and oxygen atoms in total. The van der Waals surface area contributed by atoms with Gasteiger partial charge in [-0.05, 0) is 47.7 Å². The molecule has 0 unspecified atom stereocenters. The molecule has 8 heteroatoms. The van der Waals surface area contributed by atoms with Gasteiger partial charge in [-0.1, -0.05) is 24.3 Å². The SMILES string of the molecule is COC(=O)COc1ccc(/C=C2/SC(=Nc3ccccc3F)N(C)C2=O)cc1. The summed E-state index contributed by atoms with van der Waals surface area (Å²) in [6, 6.07) is 13.1.